The number of quaternary nitrogens is 1. The molecule has 0 aliphatic rings. The summed E-state index contributed by atoms with van der Waals surface area (Å²) >= 11 is 0. The second kappa shape index (κ2) is 7.26. The molecule has 0 saturated heterocycles. The summed E-state index contributed by atoms with van der Waals surface area (Å²) in [6, 6.07) is 3.85. The van der Waals surface area contributed by atoms with Crippen molar-refractivity contribution in [1.29, 1.82) is 0 Å². The molecule has 0 unspecified atom stereocenters. The van der Waals surface area contributed by atoms with Crippen LogP contribution in [0.4, 0.5) is 0 Å². The number of aromatic hydroxyl groups is 1. The highest BCUT2D eigenvalue weighted by Crippen LogP contribution is 2.25. The Balaban J connectivity index is 0. The summed E-state index contributed by atoms with van der Waals surface area (Å²) in [5, 5.41) is 9.64. The van der Waals surface area contributed by atoms with Gasteiger partial charge in [-0.2, -0.15) is 0 Å². The van der Waals surface area contributed by atoms with Crippen molar-refractivity contribution in [3.8, 4) is 5.75 Å². The number of aryl methyl sites for hydroxylation is 1. The van der Waals surface area contributed by atoms with Gasteiger partial charge in [0.25, 0.3) is 0 Å². The molecule has 1 aromatic rings. The van der Waals surface area contributed by atoms with E-state index in [2.05, 4.69) is 20.8 Å². The van der Waals surface area contributed by atoms with Crippen molar-refractivity contribution < 1.29 is 10.6 Å². The monoisotopic (exact) mass is 213 g/mol. The van der Waals surface area contributed by atoms with Crippen LogP contribution >= 0.6 is 0 Å². The zero-order chi connectivity index (χ0) is 9.84. The summed E-state index contributed by atoms with van der Waals surface area (Å²) in [5.41, 5.74) is 3.84. The van der Waals surface area contributed by atoms with E-state index in [1.165, 1.54) is 11.1 Å². The minimum absolute atomic E-state index is 0. The molecule has 3 heteroatoms. The Bertz CT molecular complexity index is 298. The summed E-state index contributed by atoms with van der Waals surface area (Å²) in [7, 11) is 0. The lowest BCUT2D eigenvalue weighted by atomic mass is 9.95. The number of phenols is 1. The van der Waals surface area contributed by atoms with Gasteiger partial charge < -0.3 is 16.7 Å². The fourth-order valence-corrected chi connectivity index (χ4v) is 1.90. The standard InChI is InChI=1S/C12H18O.H3N.H2O/c1-4-9-7-8-12(13)11(6-3)10(9)5-2;;/h7-8,13H,4-6H2,1-3H3;1H3;1H2. The molecule has 88 valence electrons. The van der Waals surface area contributed by atoms with Gasteiger partial charge in [0, 0.05) is 0 Å². The molecule has 0 atom stereocenters. The smallest absolute Gasteiger partial charge is 0.119 e. The topological polar surface area (TPSA) is 86.7 Å². The van der Waals surface area contributed by atoms with Gasteiger partial charge in [0.05, 0.1) is 0 Å². The van der Waals surface area contributed by atoms with E-state index in [9.17, 15) is 5.11 Å². The maximum absolute atomic E-state index is 9.64. The van der Waals surface area contributed by atoms with Crippen LogP contribution in [0.2, 0.25) is 0 Å². The highest BCUT2D eigenvalue weighted by molar-refractivity contribution is 5.44. The van der Waals surface area contributed by atoms with Gasteiger partial charge in [0.15, 0.2) is 0 Å². The highest BCUT2D eigenvalue weighted by Gasteiger charge is 2.08. The fraction of sp³-hybridized carbons (Fsp3) is 0.500. The zero-order valence-electron chi connectivity index (χ0n) is 10.2. The molecule has 0 amide bonds. The molecule has 0 radical (unpaired) electrons. The Morgan fingerprint density at radius 3 is 1.87 bits per heavy atom. The molecule has 0 aromatic heterocycles. The summed E-state index contributed by atoms with van der Waals surface area (Å²) in [4.78, 5) is 0. The summed E-state index contributed by atoms with van der Waals surface area (Å²) in [6.07, 6.45) is 2.99. The van der Waals surface area contributed by atoms with Crippen molar-refractivity contribution in [2.24, 2.45) is 0 Å². The van der Waals surface area contributed by atoms with E-state index >= 15 is 0 Å². The number of rotatable bonds is 3. The van der Waals surface area contributed by atoms with Gasteiger partial charge in [-0.1, -0.05) is 26.8 Å². The summed E-state index contributed by atoms with van der Waals surface area (Å²) in [6.45, 7) is 6.39. The molecule has 0 saturated carbocycles. The Kier molecular flexibility index (Phi) is 7.92. The molecule has 6 N–H and O–H groups in total. The van der Waals surface area contributed by atoms with Gasteiger partial charge in [-0.15, -0.1) is 0 Å². The van der Waals surface area contributed by atoms with Gasteiger partial charge in [-0.05, 0) is 42.0 Å². The number of phenolic OH excluding ortho intramolecular Hbond substituents is 1. The predicted octanol–water partition coefficient (Wildman–Crippen LogP) is 3.28. The summed E-state index contributed by atoms with van der Waals surface area (Å²) in [5.74, 6) is 0.455. The normalized spacial score (nSPS) is 9.00. The van der Waals surface area contributed by atoms with Crippen LogP contribution < -0.4 is 6.15 Å². The third-order valence-electron chi connectivity index (χ3n) is 2.59. The fourth-order valence-electron chi connectivity index (χ4n) is 1.90. The van der Waals surface area contributed by atoms with E-state index in [-0.39, 0.29) is 11.6 Å². The van der Waals surface area contributed by atoms with E-state index in [1.807, 2.05) is 12.1 Å². The van der Waals surface area contributed by atoms with Crippen molar-refractivity contribution in [3.63, 3.8) is 0 Å². The molecule has 1 aromatic carbocycles. The third kappa shape index (κ3) is 3.22. The lowest BCUT2D eigenvalue weighted by molar-refractivity contribution is 0.467. The molecule has 15 heavy (non-hydrogen) atoms. The number of benzene rings is 1. The SMILES string of the molecule is CCc1ccc(O)c(CC)c1CC.[NH4+].[OH-]. The molecule has 0 aliphatic heterocycles. The Hall–Kier alpha value is -1.06. The second-order valence-corrected chi connectivity index (χ2v) is 3.26. The van der Waals surface area contributed by atoms with Gasteiger partial charge in [0.1, 0.15) is 5.75 Å². The van der Waals surface area contributed by atoms with Crippen molar-refractivity contribution in [2.75, 3.05) is 0 Å². The van der Waals surface area contributed by atoms with E-state index in [0.29, 0.717) is 5.75 Å². The molecule has 3 nitrogen and oxygen atoms in total. The third-order valence-corrected chi connectivity index (χ3v) is 2.59. The molecule has 0 fully saturated rings. The van der Waals surface area contributed by atoms with Crippen molar-refractivity contribution in [1.82, 2.24) is 6.15 Å². The summed E-state index contributed by atoms with van der Waals surface area (Å²) < 4.78 is 0. The van der Waals surface area contributed by atoms with Crippen molar-refractivity contribution >= 4 is 0 Å². The van der Waals surface area contributed by atoms with Crippen LogP contribution in [0.3, 0.4) is 0 Å². The Labute approximate surface area is 92.0 Å². The van der Waals surface area contributed by atoms with Gasteiger partial charge >= 0.3 is 0 Å². The Morgan fingerprint density at radius 2 is 1.47 bits per heavy atom. The van der Waals surface area contributed by atoms with Crippen molar-refractivity contribution in [3.05, 3.63) is 28.8 Å². The predicted molar refractivity (Wildman–Crippen MR) is 64.2 cm³/mol. The van der Waals surface area contributed by atoms with Crippen LogP contribution in [0.25, 0.3) is 0 Å². The van der Waals surface area contributed by atoms with Crippen LogP contribution in [-0.2, 0) is 19.3 Å². The van der Waals surface area contributed by atoms with Gasteiger partial charge in [-0.25, -0.2) is 0 Å². The Morgan fingerprint density at radius 1 is 0.933 bits per heavy atom. The average Bonchev–Trinajstić information content (AvgIpc) is 2.17. The largest absolute Gasteiger partial charge is 0.870 e. The van der Waals surface area contributed by atoms with E-state index in [0.717, 1.165) is 24.8 Å². The molecular weight excluding hydrogens is 190 g/mol. The van der Waals surface area contributed by atoms with Crippen molar-refractivity contribution in [2.45, 2.75) is 40.0 Å². The first-order chi connectivity index (χ1) is 6.24. The van der Waals surface area contributed by atoms with Crippen LogP contribution in [0.1, 0.15) is 37.5 Å². The average molecular weight is 213 g/mol. The van der Waals surface area contributed by atoms with Crippen LogP contribution in [0.5, 0.6) is 5.75 Å². The maximum Gasteiger partial charge on any atom is 0.119 e. The van der Waals surface area contributed by atoms with E-state index < -0.39 is 0 Å². The molecule has 1 rings (SSSR count). The second-order valence-electron chi connectivity index (χ2n) is 3.26. The van der Waals surface area contributed by atoms with Gasteiger partial charge in [0.2, 0.25) is 0 Å². The molecule has 0 aliphatic carbocycles. The zero-order valence-corrected chi connectivity index (χ0v) is 10.2. The first-order valence-corrected chi connectivity index (χ1v) is 5.07. The highest BCUT2D eigenvalue weighted by atomic mass is 16.3. The minimum Gasteiger partial charge on any atom is -0.870 e. The van der Waals surface area contributed by atoms with Gasteiger partial charge in [-0.3, -0.25) is 0 Å². The first kappa shape index (κ1) is 16.4. The lowest BCUT2D eigenvalue weighted by Crippen LogP contribution is -1.97. The minimum atomic E-state index is 0. The first-order valence-electron chi connectivity index (χ1n) is 5.07. The van der Waals surface area contributed by atoms with Crippen LogP contribution in [-0.4, -0.2) is 10.6 Å². The molecule has 0 heterocycles. The number of hydrogen-bond acceptors (Lipinski definition) is 2. The van der Waals surface area contributed by atoms with Crippen LogP contribution in [0, 0.1) is 0 Å². The lowest BCUT2D eigenvalue weighted by Gasteiger charge is -2.12. The molecule has 0 spiro atoms. The maximum atomic E-state index is 9.64. The van der Waals surface area contributed by atoms with E-state index in [1.54, 1.807) is 0 Å². The molecule has 0 bridgehead atoms. The number of hydrogen-bond donors (Lipinski definition) is 2. The molecular formula is C12H23NO2. The van der Waals surface area contributed by atoms with Crippen LogP contribution in [0.15, 0.2) is 12.1 Å². The quantitative estimate of drug-likeness (QED) is 0.807. The van der Waals surface area contributed by atoms with E-state index in [4.69, 9.17) is 0 Å².